The standard InChI is InChI=1S/C18H23N3O/c1-2-18(22)20-11-15-7-8-16(12-20)21(15)10-14-9-13-5-3-4-6-17(13)19-14/h3-6,9,15-16,19H,2,7-8,10-12H2,1H3. The lowest BCUT2D eigenvalue weighted by molar-refractivity contribution is -0.134. The monoisotopic (exact) mass is 297 g/mol. The molecular formula is C18H23N3O. The van der Waals surface area contributed by atoms with Crippen molar-refractivity contribution in [1.82, 2.24) is 14.8 Å². The fourth-order valence-electron chi connectivity index (χ4n) is 4.09. The molecule has 3 heterocycles. The fraction of sp³-hybridized carbons (Fsp3) is 0.500. The third-order valence-corrected chi connectivity index (χ3v) is 5.23. The van der Waals surface area contributed by atoms with Gasteiger partial charge in [-0.2, -0.15) is 0 Å². The van der Waals surface area contributed by atoms with Crippen molar-refractivity contribution in [2.45, 2.75) is 44.8 Å². The summed E-state index contributed by atoms with van der Waals surface area (Å²) in [6.45, 7) is 4.74. The van der Waals surface area contributed by atoms with Crippen LogP contribution in [0.25, 0.3) is 10.9 Å². The molecule has 4 nitrogen and oxygen atoms in total. The highest BCUT2D eigenvalue weighted by molar-refractivity contribution is 5.80. The molecule has 0 saturated carbocycles. The van der Waals surface area contributed by atoms with Crippen LogP contribution in [0.2, 0.25) is 0 Å². The number of amides is 1. The van der Waals surface area contributed by atoms with E-state index in [2.05, 4.69) is 45.1 Å². The Balaban J connectivity index is 1.51. The average molecular weight is 297 g/mol. The van der Waals surface area contributed by atoms with Crippen LogP contribution in [-0.4, -0.2) is 45.9 Å². The molecule has 0 aliphatic carbocycles. The van der Waals surface area contributed by atoms with Crippen molar-refractivity contribution in [2.75, 3.05) is 13.1 Å². The van der Waals surface area contributed by atoms with Crippen molar-refractivity contribution in [1.29, 1.82) is 0 Å². The molecule has 4 rings (SSSR count). The molecule has 0 radical (unpaired) electrons. The van der Waals surface area contributed by atoms with Crippen molar-refractivity contribution >= 4 is 16.8 Å². The molecule has 2 aliphatic heterocycles. The van der Waals surface area contributed by atoms with Gasteiger partial charge in [0.05, 0.1) is 0 Å². The Hall–Kier alpha value is -1.81. The number of H-pyrrole nitrogens is 1. The third kappa shape index (κ3) is 2.31. The maximum absolute atomic E-state index is 12.0. The number of likely N-dealkylation sites (tertiary alicyclic amines) is 1. The fourth-order valence-corrected chi connectivity index (χ4v) is 4.09. The second-order valence-corrected chi connectivity index (χ2v) is 6.59. The molecule has 0 spiro atoms. The summed E-state index contributed by atoms with van der Waals surface area (Å²) in [4.78, 5) is 20.2. The maximum atomic E-state index is 12.0. The van der Waals surface area contributed by atoms with E-state index >= 15 is 0 Å². The minimum Gasteiger partial charge on any atom is -0.357 e. The molecule has 2 bridgehead atoms. The Kier molecular flexibility index (Phi) is 3.41. The summed E-state index contributed by atoms with van der Waals surface area (Å²) in [5.41, 5.74) is 2.50. The second kappa shape index (κ2) is 5.43. The molecule has 116 valence electrons. The van der Waals surface area contributed by atoms with Gasteiger partial charge < -0.3 is 9.88 Å². The summed E-state index contributed by atoms with van der Waals surface area (Å²) in [7, 11) is 0. The minimum absolute atomic E-state index is 0.308. The van der Waals surface area contributed by atoms with Crippen molar-refractivity contribution < 1.29 is 4.79 Å². The van der Waals surface area contributed by atoms with E-state index in [1.54, 1.807) is 0 Å². The zero-order valence-electron chi connectivity index (χ0n) is 13.1. The number of nitrogens with one attached hydrogen (secondary N) is 1. The first kappa shape index (κ1) is 13.8. The van der Waals surface area contributed by atoms with Gasteiger partial charge in [0.25, 0.3) is 0 Å². The average Bonchev–Trinajstić information content (AvgIpc) is 3.03. The molecule has 2 aromatic rings. The number of aromatic nitrogens is 1. The van der Waals surface area contributed by atoms with Gasteiger partial charge in [-0.25, -0.2) is 0 Å². The predicted octanol–water partition coefficient (Wildman–Crippen LogP) is 2.75. The molecular weight excluding hydrogens is 274 g/mol. The first-order chi connectivity index (χ1) is 10.7. The number of carbonyl (C=O) groups is 1. The van der Waals surface area contributed by atoms with Crippen molar-refractivity contribution in [3.63, 3.8) is 0 Å². The number of fused-ring (bicyclic) bond motifs is 3. The van der Waals surface area contributed by atoms with Gasteiger partial charge in [-0.05, 0) is 30.4 Å². The minimum atomic E-state index is 0.308. The summed E-state index contributed by atoms with van der Waals surface area (Å²) < 4.78 is 0. The Labute approximate surface area is 131 Å². The van der Waals surface area contributed by atoms with Gasteiger partial charge in [0.1, 0.15) is 0 Å². The molecule has 2 atom stereocenters. The highest BCUT2D eigenvalue weighted by atomic mass is 16.2. The van der Waals surface area contributed by atoms with E-state index < -0.39 is 0 Å². The van der Waals surface area contributed by atoms with E-state index in [9.17, 15) is 4.79 Å². The number of aromatic amines is 1. The van der Waals surface area contributed by atoms with Gasteiger partial charge in [-0.1, -0.05) is 25.1 Å². The lowest BCUT2D eigenvalue weighted by atomic mass is 10.1. The summed E-state index contributed by atoms with van der Waals surface area (Å²) in [6.07, 6.45) is 3.07. The summed E-state index contributed by atoms with van der Waals surface area (Å²) in [5, 5.41) is 1.28. The summed E-state index contributed by atoms with van der Waals surface area (Å²) >= 11 is 0. The van der Waals surface area contributed by atoms with E-state index in [1.165, 1.54) is 29.4 Å². The predicted molar refractivity (Wildman–Crippen MR) is 87.5 cm³/mol. The molecule has 1 amide bonds. The first-order valence-electron chi connectivity index (χ1n) is 8.34. The van der Waals surface area contributed by atoms with Crippen molar-refractivity contribution in [3.05, 3.63) is 36.0 Å². The van der Waals surface area contributed by atoms with Gasteiger partial charge in [-0.15, -0.1) is 0 Å². The number of piperazine rings is 1. The van der Waals surface area contributed by atoms with E-state index in [0.29, 0.717) is 24.4 Å². The number of rotatable bonds is 3. The molecule has 22 heavy (non-hydrogen) atoms. The van der Waals surface area contributed by atoms with Gasteiger partial charge in [-0.3, -0.25) is 9.69 Å². The number of carbonyl (C=O) groups excluding carboxylic acids is 1. The van der Waals surface area contributed by atoms with Crippen LogP contribution in [0, 0.1) is 0 Å². The molecule has 4 heteroatoms. The molecule has 1 N–H and O–H groups in total. The molecule has 1 aromatic heterocycles. The van der Waals surface area contributed by atoms with Crippen LogP contribution in [0.5, 0.6) is 0 Å². The van der Waals surface area contributed by atoms with E-state index in [1.807, 2.05) is 6.92 Å². The number of para-hydroxylation sites is 1. The van der Waals surface area contributed by atoms with E-state index in [4.69, 9.17) is 0 Å². The lowest BCUT2D eigenvalue weighted by Crippen LogP contribution is -2.54. The quantitative estimate of drug-likeness (QED) is 0.946. The number of hydrogen-bond donors (Lipinski definition) is 1. The molecule has 2 fully saturated rings. The van der Waals surface area contributed by atoms with Gasteiger partial charge in [0.15, 0.2) is 0 Å². The largest absolute Gasteiger partial charge is 0.357 e. The highest BCUT2D eigenvalue weighted by Crippen LogP contribution is 2.32. The first-order valence-corrected chi connectivity index (χ1v) is 8.34. The van der Waals surface area contributed by atoms with Crippen LogP contribution in [0.1, 0.15) is 31.9 Å². The van der Waals surface area contributed by atoms with Gasteiger partial charge in [0.2, 0.25) is 5.91 Å². The van der Waals surface area contributed by atoms with Crippen LogP contribution < -0.4 is 0 Å². The SMILES string of the molecule is CCC(=O)N1CC2CCC(C1)N2Cc1cc2ccccc2[nH]1. The van der Waals surface area contributed by atoms with Gasteiger partial charge in [0, 0.05) is 49.3 Å². The topological polar surface area (TPSA) is 39.3 Å². The number of nitrogens with zero attached hydrogens (tertiary/aromatic N) is 2. The number of hydrogen-bond acceptors (Lipinski definition) is 2. The Bertz CT molecular complexity index is 645. The van der Waals surface area contributed by atoms with E-state index in [0.717, 1.165) is 19.6 Å². The van der Waals surface area contributed by atoms with Crippen LogP contribution >= 0.6 is 0 Å². The van der Waals surface area contributed by atoms with Crippen LogP contribution in [0.3, 0.4) is 0 Å². The van der Waals surface area contributed by atoms with Crippen LogP contribution in [-0.2, 0) is 11.3 Å². The van der Waals surface area contributed by atoms with Crippen LogP contribution in [0.15, 0.2) is 30.3 Å². The lowest BCUT2D eigenvalue weighted by Gasteiger charge is -2.40. The molecule has 2 unspecified atom stereocenters. The van der Waals surface area contributed by atoms with Gasteiger partial charge >= 0.3 is 0 Å². The molecule has 2 aliphatic rings. The zero-order chi connectivity index (χ0) is 15.1. The third-order valence-electron chi connectivity index (χ3n) is 5.23. The molecule has 2 saturated heterocycles. The summed E-state index contributed by atoms with van der Waals surface area (Å²) in [5.74, 6) is 0.308. The summed E-state index contributed by atoms with van der Waals surface area (Å²) in [6, 6.07) is 11.8. The van der Waals surface area contributed by atoms with Crippen LogP contribution in [0.4, 0.5) is 0 Å². The smallest absolute Gasteiger partial charge is 0.222 e. The maximum Gasteiger partial charge on any atom is 0.222 e. The molecule has 1 aromatic carbocycles. The Morgan fingerprint density at radius 3 is 2.64 bits per heavy atom. The van der Waals surface area contributed by atoms with Crippen molar-refractivity contribution in [2.24, 2.45) is 0 Å². The second-order valence-electron chi connectivity index (χ2n) is 6.59. The van der Waals surface area contributed by atoms with Crippen molar-refractivity contribution in [3.8, 4) is 0 Å². The van der Waals surface area contributed by atoms with E-state index in [-0.39, 0.29) is 0 Å². The normalized spacial score (nSPS) is 25.0. The Morgan fingerprint density at radius 2 is 1.95 bits per heavy atom. The number of benzene rings is 1. The highest BCUT2D eigenvalue weighted by Gasteiger charge is 2.40. The zero-order valence-corrected chi connectivity index (χ0v) is 13.1. The Morgan fingerprint density at radius 1 is 1.23 bits per heavy atom.